The van der Waals surface area contributed by atoms with Gasteiger partial charge in [-0.05, 0) is 30.3 Å². The summed E-state index contributed by atoms with van der Waals surface area (Å²) >= 11 is 0. The Morgan fingerprint density at radius 1 is 1.20 bits per heavy atom. The Morgan fingerprint density at radius 2 is 1.87 bits per heavy atom. The van der Waals surface area contributed by atoms with Crippen LogP contribution in [-0.4, -0.2) is 17.6 Å². The summed E-state index contributed by atoms with van der Waals surface area (Å²) in [6.07, 6.45) is 2.68. The Morgan fingerprint density at radius 3 is 2.40 bits per heavy atom. The Labute approximate surface area is 86.0 Å². The lowest BCUT2D eigenvalue weighted by Crippen LogP contribution is -2.13. The Hall–Kier alpha value is -1.69. The van der Waals surface area contributed by atoms with Crippen LogP contribution in [-0.2, 0) is 10.0 Å². The SMILES string of the molecule is O=S(=O)(c1ccc(F)cc1)n1cccn1. The number of hydrogen-bond acceptors (Lipinski definition) is 3. The molecule has 0 radical (unpaired) electrons. The third kappa shape index (κ3) is 1.75. The Kier molecular flexibility index (Phi) is 2.28. The molecule has 0 aliphatic rings. The van der Waals surface area contributed by atoms with E-state index < -0.39 is 15.8 Å². The van der Waals surface area contributed by atoms with Crippen molar-refractivity contribution in [1.29, 1.82) is 0 Å². The number of benzene rings is 1. The van der Waals surface area contributed by atoms with Gasteiger partial charge in [-0.25, -0.2) is 4.39 Å². The number of rotatable bonds is 2. The van der Waals surface area contributed by atoms with Crippen LogP contribution in [0.5, 0.6) is 0 Å². The maximum atomic E-state index is 12.6. The highest BCUT2D eigenvalue weighted by molar-refractivity contribution is 7.89. The molecule has 2 rings (SSSR count). The first-order valence-corrected chi connectivity index (χ1v) is 5.55. The van der Waals surface area contributed by atoms with E-state index in [1.807, 2.05) is 0 Å². The van der Waals surface area contributed by atoms with E-state index in [2.05, 4.69) is 5.10 Å². The van der Waals surface area contributed by atoms with Gasteiger partial charge in [-0.2, -0.15) is 17.6 Å². The first-order chi connectivity index (χ1) is 7.10. The van der Waals surface area contributed by atoms with Gasteiger partial charge in [0.25, 0.3) is 10.0 Å². The standard InChI is InChI=1S/C9H7FN2O2S/c10-8-2-4-9(5-3-8)15(13,14)12-7-1-6-11-12/h1-7H. The number of hydrogen-bond donors (Lipinski definition) is 0. The first-order valence-electron chi connectivity index (χ1n) is 4.11. The smallest absolute Gasteiger partial charge is 0.207 e. The zero-order chi connectivity index (χ0) is 10.9. The molecule has 4 nitrogen and oxygen atoms in total. The van der Waals surface area contributed by atoms with Crippen LogP contribution in [0.25, 0.3) is 0 Å². The van der Waals surface area contributed by atoms with Crippen LogP contribution in [0.4, 0.5) is 4.39 Å². The molecule has 78 valence electrons. The van der Waals surface area contributed by atoms with Gasteiger partial charge >= 0.3 is 0 Å². The Bertz CT molecular complexity index is 546. The van der Waals surface area contributed by atoms with Crippen molar-refractivity contribution in [2.45, 2.75) is 4.90 Å². The summed E-state index contributed by atoms with van der Waals surface area (Å²) in [6.45, 7) is 0. The molecule has 0 saturated carbocycles. The molecule has 0 unspecified atom stereocenters. The third-order valence-electron chi connectivity index (χ3n) is 1.84. The van der Waals surface area contributed by atoms with E-state index in [4.69, 9.17) is 0 Å². The van der Waals surface area contributed by atoms with Crippen LogP contribution < -0.4 is 0 Å². The van der Waals surface area contributed by atoms with E-state index >= 15 is 0 Å². The minimum atomic E-state index is -3.67. The second kappa shape index (κ2) is 3.47. The predicted octanol–water partition coefficient (Wildman–Crippen LogP) is 1.26. The van der Waals surface area contributed by atoms with Crippen LogP contribution in [0.2, 0.25) is 0 Å². The minimum Gasteiger partial charge on any atom is -0.207 e. The molecule has 6 heteroatoms. The molecule has 0 saturated heterocycles. The van der Waals surface area contributed by atoms with Crippen LogP contribution >= 0.6 is 0 Å². The fraction of sp³-hybridized carbons (Fsp3) is 0. The van der Waals surface area contributed by atoms with Crippen molar-refractivity contribution in [3.63, 3.8) is 0 Å². The highest BCUT2D eigenvalue weighted by atomic mass is 32.2. The molecular weight excluding hydrogens is 219 g/mol. The molecule has 1 aromatic carbocycles. The molecule has 0 aliphatic carbocycles. The van der Waals surface area contributed by atoms with Gasteiger partial charge in [0, 0.05) is 6.20 Å². The van der Waals surface area contributed by atoms with Gasteiger partial charge < -0.3 is 0 Å². The fourth-order valence-electron chi connectivity index (χ4n) is 1.11. The lowest BCUT2D eigenvalue weighted by Gasteiger charge is -2.03. The second-order valence-corrected chi connectivity index (χ2v) is 4.63. The average molecular weight is 226 g/mol. The normalized spacial score (nSPS) is 11.5. The first kappa shape index (κ1) is 9.85. The summed E-state index contributed by atoms with van der Waals surface area (Å²) in [5.74, 6) is -0.477. The van der Waals surface area contributed by atoms with Crippen LogP contribution in [0.15, 0.2) is 47.6 Å². The molecule has 1 heterocycles. The van der Waals surface area contributed by atoms with Gasteiger partial charge in [0.15, 0.2) is 0 Å². The van der Waals surface area contributed by atoms with E-state index in [-0.39, 0.29) is 4.90 Å². The maximum absolute atomic E-state index is 12.6. The quantitative estimate of drug-likeness (QED) is 0.774. The van der Waals surface area contributed by atoms with Gasteiger partial charge in [-0.15, -0.1) is 0 Å². The van der Waals surface area contributed by atoms with Gasteiger partial charge in [0.2, 0.25) is 0 Å². The Balaban J connectivity index is 2.52. The minimum absolute atomic E-state index is 0.00704. The highest BCUT2D eigenvalue weighted by Crippen LogP contribution is 2.12. The summed E-state index contributed by atoms with van der Waals surface area (Å²) in [7, 11) is -3.67. The topological polar surface area (TPSA) is 52.0 Å². The maximum Gasteiger partial charge on any atom is 0.282 e. The predicted molar refractivity (Wildman–Crippen MR) is 51.2 cm³/mol. The number of nitrogens with zero attached hydrogens (tertiary/aromatic N) is 2. The van der Waals surface area contributed by atoms with Crippen molar-refractivity contribution >= 4 is 10.0 Å². The molecule has 1 aromatic heterocycles. The van der Waals surface area contributed by atoms with Crippen LogP contribution in [0.3, 0.4) is 0 Å². The van der Waals surface area contributed by atoms with Gasteiger partial charge in [0.05, 0.1) is 11.1 Å². The number of halogens is 1. The van der Waals surface area contributed by atoms with Crippen molar-refractivity contribution < 1.29 is 12.8 Å². The van der Waals surface area contributed by atoms with Crippen LogP contribution in [0.1, 0.15) is 0 Å². The second-order valence-electron chi connectivity index (χ2n) is 2.84. The van der Waals surface area contributed by atoms with Gasteiger partial charge in [0.1, 0.15) is 5.82 Å². The molecule has 0 fully saturated rings. The zero-order valence-corrected chi connectivity index (χ0v) is 8.36. The third-order valence-corrected chi connectivity index (χ3v) is 3.41. The van der Waals surface area contributed by atoms with E-state index in [1.54, 1.807) is 0 Å². The zero-order valence-electron chi connectivity index (χ0n) is 7.54. The molecule has 2 aromatic rings. The van der Waals surface area contributed by atoms with Gasteiger partial charge in [-0.1, -0.05) is 0 Å². The lowest BCUT2D eigenvalue weighted by atomic mass is 10.4. The summed E-state index contributed by atoms with van der Waals surface area (Å²) < 4.78 is 37.0. The molecule has 0 N–H and O–H groups in total. The summed E-state index contributed by atoms with van der Waals surface area (Å²) in [6, 6.07) is 6.09. The number of aromatic nitrogens is 2. The molecule has 0 aliphatic heterocycles. The molecule has 0 spiro atoms. The highest BCUT2D eigenvalue weighted by Gasteiger charge is 2.16. The largest absolute Gasteiger partial charge is 0.282 e. The van der Waals surface area contributed by atoms with Gasteiger partial charge in [-0.3, -0.25) is 0 Å². The van der Waals surface area contributed by atoms with E-state index in [0.717, 1.165) is 16.2 Å². The van der Waals surface area contributed by atoms with Crippen molar-refractivity contribution in [3.8, 4) is 0 Å². The van der Waals surface area contributed by atoms with E-state index in [1.165, 1.54) is 30.6 Å². The summed E-state index contributed by atoms with van der Waals surface area (Å²) in [5, 5.41) is 3.62. The van der Waals surface area contributed by atoms with Crippen molar-refractivity contribution in [3.05, 3.63) is 48.5 Å². The van der Waals surface area contributed by atoms with E-state index in [9.17, 15) is 12.8 Å². The average Bonchev–Trinajstić information content (AvgIpc) is 2.71. The van der Waals surface area contributed by atoms with E-state index in [0.29, 0.717) is 0 Å². The van der Waals surface area contributed by atoms with Crippen molar-refractivity contribution in [2.24, 2.45) is 0 Å². The summed E-state index contributed by atoms with van der Waals surface area (Å²) in [5.41, 5.74) is 0. The fourth-order valence-corrected chi connectivity index (χ4v) is 2.22. The lowest BCUT2D eigenvalue weighted by molar-refractivity contribution is 0.579. The molecule has 15 heavy (non-hydrogen) atoms. The van der Waals surface area contributed by atoms with Crippen LogP contribution in [0, 0.1) is 5.82 Å². The monoisotopic (exact) mass is 226 g/mol. The molecule has 0 amide bonds. The molecular formula is C9H7FN2O2S. The molecule has 0 bridgehead atoms. The molecule has 0 atom stereocenters. The van der Waals surface area contributed by atoms with Crippen molar-refractivity contribution in [1.82, 2.24) is 9.19 Å². The summed E-state index contributed by atoms with van der Waals surface area (Å²) in [4.78, 5) is 0.00704. The van der Waals surface area contributed by atoms with Crippen molar-refractivity contribution in [2.75, 3.05) is 0 Å².